The highest BCUT2D eigenvalue weighted by atomic mass is 32.2. The van der Waals surface area contributed by atoms with Crippen molar-refractivity contribution < 1.29 is 50.7 Å². The van der Waals surface area contributed by atoms with E-state index in [2.05, 4.69) is 25.2 Å². The molecule has 4 aromatic rings. The maximum Gasteiger partial charge on any atom is 0.490 e. The van der Waals surface area contributed by atoms with Crippen molar-refractivity contribution in [2.24, 2.45) is 0 Å². The van der Waals surface area contributed by atoms with Gasteiger partial charge in [0.1, 0.15) is 11.9 Å². The van der Waals surface area contributed by atoms with Gasteiger partial charge in [-0.2, -0.15) is 18.2 Å². The summed E-state index contributed by atoms with van der Waals surface area (Å²) in [5, 5.41) is 13.7. The smallest absolute Gasteiger partial charge is 0.475 e. The number of nitrogens with one attached hydrogen (secondary N) is 3. The number of imide groups is 2. The van der Waals surface area contributed by atoms with E-state index >= 15 is 0 Å². The summed E-state index contributed by atoms with van der Waals surface area (Å²) in [5.41, 5.74) is 3.68. The average Bonchev–Trinajstić information content (AvgIpc) is 3.39. The molecule has 4 N–H and O–H groups in total. The maximum atomic E-state index is 13.3. The molecule has 3 aromatic carbocycles. The van der Waals surface area contributed by atoms with Gasteiger partial charge in [-0.3, -0.25) is 34.1 Å². The molecule has 4 amide bonds. The third kappa shape index (κ3) is 8.96. The lowest BCUT2D eigenvalue weighted by Crippen LogP contribution is -2.54. The van der Waals surface area contributed by atoms with Gasteiger partial charge in [-0.05, 0) is 60.9 Å². The van der Waals surface area contributed by atoms with Crippen molar-refractivity contribution >= 4 is 73.7 Å². The van der Waals surface area contributed by atoms with Crippen LogP contribution in [0, 0.1) is 0 Å². The fourth-order valence-electron chi connectivity index (χ4n) is 6.44. The number of fused-ring (bicyclic) bond motifs is 2. The average molecular weight is 797 g/mol. The van der Waals surface area contributed by atoms with Crippen LogP contribution in [0.5, 0.6) is 0 Å². The van der Waals surface area contributed by atoms with Crippen LogP contribution in [0.25, 0.3) is 10.9 Å². The van der Waals surface area contributed by atoms with E-state index in [1.807, 2.05) is 42.5 Å². The second-order valence-corrected chi connectivity index (χ2v) is 14.8. The van der Waals surface area contributed by atoms with Crippen molar-refractivity contribution in [1.29, 1.82) is 0 Å². The molecule has 0 saturated carbocycles. The Bertz CT molecular complexity index is 2320. The number of benzene rings is 3. The number of hydrogen-bond donors (Lipinski definition) is 4. The molecule has 0 bridgehead atoms. The highest BCUT2D eigenvalue weighted by Crippen LogP contribution is 2.32. The number of piperidine rings is 1. The van der Waals surface area contributed by atoms with Crippen LogP contribution in [-0.2, 0) is 30.8 Å². The van der Waals surface area contributed by atoms with Crippen molar-refractivity contribution in [2.75, 3.05) is 58.8 Å². The standard InChI is InChI=1S/C34H34N8O6S.C2HF3O2/c1-49(47,48)39-22-8-6-21(7-9-22)14-15-35-30-25-4-2-3-5-27(25)36-34(38-30)41-18-16-40(17-19-41)23-10-11-24-26(20-23)33(46)42(32(24)45)28-12-13-29(43)37-31(28)44;3-2(4,5)1(6)7/h2-11,20,28,39H,12-19H2,1H3,(H,35,36,38)(H,37,43,44);(H,6,7). The number of carbonyl (C=O) groups excluding carboxylic acids is 4. The molecule has 0 spiro atoms. The first-order valence-corrected chi connectivity index (χ1v) is 19.1. The molecule has 20 heteroatoms. The summed E-state index contributed by atoms with van der Waals surface area (Å²) >= 11 is 0. The Morgan fingerprint density at radius 3 is 2.20 bits per heavy atom. The molecule has 4 heterocycles. The Balaban J connectivity index is 0.000000695. The fourth-order valence-corrected chi connectivity index (χ4v) is 7.00. The molecule has 2 fully saturated rings. The van der Waals surface area contributed by atoms with Crippen LogP contribution in [0.4, 0.5) is 36.3 Å². The topological polar surface area (TPSA) is 211 Å². The zero-order chi connectivity index (χ0) is 40.4. The number of piperazine rings is 1. The normalized spacial score (nSPS) is 17.3. The number of alkyl halides is 3. The van der Waals surface area contributed by atoms with Crippen LogP contribution in [0.2, 0.25) is 0 Å². The molecule has 16 nitrogen and oxygen atoms in total. The van der Waals surface area contributed by atoms with Crippen LogP contribution in [0.15, 0.2) is 66.7 Å². The van der Waals surface area contributed by atoms with E-state index in [9.17, 15) is 40.8 Å². The van der Waals surface area contributed by atoms with Crippen molar-refractivity contribution in [2.45, 2.75) is 31.5 Å². The molecule has 7 rings (SSSR count). The summed E-state index contributed by atoms with van der Waals surface area (Å²) < 4.78 is 57.2. The van der Waals surface area contributed by atoms with Gasteiger partial charge in [0.15, 0.2) is 0 Å². The van der Waals surface area contributed by atoms with Gasteiger partial charge >= 0.3 is 12.1 Å². The summed E-state index contributed by atoms with van der Waals surface area (Å²) in [4.78, 5) is 74.3. The fraction of sp³-hybridized carbons (Fsp3) is 0.306. The molecule has 2 saturated heterocycles. The number of carbonyl (C=O) groups is 5. The predicted octanol–water partition coefficient (Wildman–Crippen LogP) is 3.02. The summed E-state index contributed by atoms with van der Waals surface area (Å²) in [7, 11) is -3.34. The number of para-hydroxylation sites is 1. The van der Waals surface area contributed by atoms with E-state index in [4.69, 9.17) is 19.9 Å². The second kappa shape index (κ2) is 15.8. The van der Waals surface area contributed by atoms with Gasteiger partial charge in [-0.1, -0.05) is 24.3 Å². The first kappa shape index (κ1) is 39.4. The lowest BCUT2D eigenvalue weighted by atomic mass is 10.0. The van der Waals surface area contributed by atoms with Crippen LogP contribution < -0.4 is 25.2 Å². The van der Waals surface area contributed by atoms with Gasteiger partial charge in [0.25, 0.3) is 11.8 Å². The first-order chi connectivity index (χ1) is 26.5. The SMILES string of the molecule is CS(=O)(=O)Nc1ccc(CCNc2nc(N3CCN(c4ccc5c(c4)C(=O)N(C4CCC(=O)NC4=O)C5=O)CC3)nc3ccccc23)cc1.O=C(O)C(F)(F)F. The lowest BCUT2D eigenvalue weighted by Gasteiger charge is -2.36. The monoisotopic (exact) mass is 796 g/mol. The van der Waals surface area contributed by atoms with Crippen molar-refractivity contribution in [1.82, 2.24) is 20.2 Å². The van der Waals surface area contributed by atoms with Gasteiger partial charge in [0.2, 0.25) is 27.8 Å². The van der Waals surface area contributed by atoms with E-state index < -0.39 is 51.8 Å². The van der Waals surface area contributed by atoms with Gasteiger partial charge in [0.05, 0.1) is 22.9 Å². The maximum absolute atomic E-state index is 13.3. The van der Waals surface area contributed by atoms with Crippen LogP contribution in [0.1, 0.15) is 39.1 Å². The van der Waals surface area contributed by atoms with Crippen LogP contribution >= 0.6 is 0 Å². The highest BCUT2D eigenvalue weighted by molar-refractivity contribution is 7.92. The Morgan fingerprint density at radius 1 is 0.911 bits per heavy atom. The molecule has 3 aliphatic heterocycles. The zero-order valence-corrected chi connectivity index (χ0v) is 30.5. The van der Waals surface area contributed by atoms with Gasteiger partial charge in [-0.15, -0.1) is 0 Å². The van der Waals surface area contributed by atoms with Crippen LogP contribution in [-0.4, -0.2) is 109 Å². The van der Waals surface area contributed by atoms with Crippen molar-refractivity contribution in [3.8, 4) is 0 Å². The number of hydrogen-bond acceptors (Lipinski definition) is 12. The van der Waals surface area contributed by atoms with E-state index in [1.165, 1.54) is 0 Å². The number of sulfonamides is 1. The van der Waals surface area contributed by atoms with Crippen molar-refractivity contribution in [3.05, 3.63) is 83.4 Å². The number of rotatable bonds is 9. The number of halogens is 3. The number of amides is 4. The van der Waals surface area contributed by atoms with Crippen molar-refractivity contribution in [3.63, 3.8) is 0 Å². The number of anilines is 4. The number of carboxylic acid groups (broad SMARTS) is 1. The Morgan fingerprint density at radius 2 is 1.55 bits per heavy atom. The quantitative estimate of drug-likeness (QED) is 0.180. The minimum absolute atomic E-state index is 0.0702. The minimum Gasteiger partial charge on any atom is -0.475 e. The van der Waals surface area contributed by atoms with Crippen LogP contribution in [0.3, 0.4) is 0 Å². The zero-order valence-electron chi connectivity index (χ0n) is 29.7. The lowest BCUT2D eigenvalue weighted by molar-refractivity contribution is -0.192. The number of carboxylic acids is 1. The molecule has 1 atom stereocenters. The van der Waals surface area contributed by atoms with Gasteiger partial charge in [-0.25, -0.2) is 18.2 Å². The second-order valence-electron chi connectivity index (χ2n) is 13.1. The third-order valence-electron chi connectivity index (χ3n) is 9.15. The first-order valence-electron chi connectivity index (χ1n) is 17.2. The molecular weight excluding hydrogens is 762 g/mol. The van der Waals surface area contributed by atoms with Gasteiger partial charge < -0.3 is 20.2 Å². The molecule has 3 aliphatic rings. The number of aromatic nitrogens is 2. The molecule has 1 unspecified atom stereocenters. The third-order valence-corrected chi connectivity index (χ3v) is 9.75. The summed E-state index contributed by atoms with van der Waals surface area (Å²) in [6, 6.07) is 19.2. The molecule has 0 radical (unpaired) electrons. The Kier molecular flexibility index (Phi) is 11.1. The Hall–Kier alpha value is -6.31. The van der Waals surface area contributed by atoms with E-state index in [0.29, 0.717) is 50.8 Å². The highest BCUT2D eigenvalue weighted by Gasteiger charge is 2.45. The number of aliphatic carboxylic acids is 1. The largest absolute Gasteiger partial charge is 0.490 e. The molecule has 56 heavy (non-hydrogen) atoms. The minimum atomic E-state index is -5.08. The molecule has 294 valence electrons. The summed E-state index contributed by atoms with van der Waals surface area (Å²) in [6.45, 7) is 3.10. The molecular formula is C36H35F3N8O8S. The van der Waals surface area contributed by atoms with E-state index in [-0.39, 0.29) is 24.0 Å². The predicted molar refractivity (Wildman–Crippen MR) is 198 cm³/mol. The van der Waals surface area contributed by atoms with E-state index in [0.717, 1.165) is 39.1 Å². The summed E-state index contributed by atoms with van der Waals surface area (Å²) in [5.74, 6) is -3.52. The molecule has 0 aliphatic carbocycles. The van der Waals surface area contributed by atoms with Gasteiger partial charge in [0, 0.05) is 55.9 Å². The summed E-state index contributed by atoms with van der Waals surface area (Å²) in [6.07, 6.45) is -3.08. The number of nitrogens with zero attached hydrogens (tertiary/aromatic N) is 5. The molecule has 1 aromatic heterocycles. The Labute approximate surface area is 317 Å². The van der Waals surface area contributed by atoms with E-state index in [1.54, 1.807) is 24.3 Å².